The van der Waals surface area contributed by atoms with Crippen LogP contribution in [0.5, 0.6) is 0 Å². The molecule has 6 rings (SSSR count). The van der Waals surface area contributed by atoms with Gasteiger partial charge in [-0.25, -0.2) is 19.0 Å². The fourth-order valence-corrected chi connectivity index (χ4v) is 5.87. The monoisotopic (exact) mass is 560 g/mol. The Labute approximate surface area is 236 Å². The van der Waals surface area contributed by atoms with Gasteiger partial charge < -0.3 is 5.32 Å². The van der Waals surface area contributed by atoms with Gasteiger partial charge in [0.05, 0.1) is 27.3 Å². The molecule has 2 heterocycles. The molecule has 3 aromatic carbocycles. The minimum Gasteiger partial charge on any atom is -0.340 e. The fraction of sp³-hybridized carbons (Fsp3) is 0.267. The van der Waals surface area contributed by atoms with Gasteiger partial charge in [0.2, 0.25) is 0 Å². The minimum absolute atomic E-state index is 0.00555. The number of halogens is 3. The van der Waals surface area contributed by atoms with Crippen LogP contribution in [0.25, 0.3) is 10.9 Å². The summed E-state index contributed by atoms with van der Waals surface area (Å²) in [6.45, 7) is 0. The molecule has 1 aliphatic carbocycles. The van der Waals surface area contributed by atoms with Crippen LogP contribution in [0.15, 0.2) is 73.2 Å². The van der Waals surface area contributed by atoms with E-state index in [2.05, 4.69) is 54.7 Å². The molecule has 2 aromatic heterocycles. The average molecular weight is 561 g/mol. The van der Waals surface area contributed by atoms with Crippen molar-refractivity contribution in [3.63, 3.8) is 0 Å². The normalized spacial score (nSPS) is 14.9. The second kappa shape index (κ2) is 11.3. The van der Waals surface area contributed by atoms with Gasteiger partial charge in [0, 0.05) is 23.2 Å². The van der Waals surface area contributed by atoms with Crippen LogP contribution < -0.4 is 5.32 Å². The smallest absolute Gasteiger partial charge is 0.141 e. The maximum atomic E-state index is 13.7. The lowest BCUT2D eigenvalue weighted by Crippen LogP contribution is -2.13. The first-order valence-electron chi connectivity index (χ1n) is 13.2. The molecule has 1 atom stereocenters. The molecule has 1 fully saturated rings. The van der Waals surface area contributed by atoms with Crippen molar-refractivity contribution in [2.24, 2.45) is 0 Å². The number of nitrogens with one attached hydrogen (secondary N) is 1. The van der Waals surface area contributed by atoms with Gasteiger partial charge in [0.1, 0.15) is 18.0 Å². The summed E-state index contributed by atoms with van der Waals surface area (Å²) < 4.78 is 15.7. The molecule has 1 aliphatic rings. The molecule has 1 N–H and O–H groups in total. The molecule has 6 nitrogen and oxygen atoms in total. The van der Waals surface area contributed by atoms with Gasteiger partial charge in [0.25, 0.3) is 0 Å². The number of aromatic nitrogens is 5. The van der Waals surface area contributed by atoms with Gasteiger partial charge in [0.15, 0.2) is 0 Å². The first-order chi connectivity index (χ1) is 19.0. The van der Waals surface area contributed by atoms with Crippen molar-refractivity contribution in [1.29, 1.82) is 0 Å². The topological polar surface area (TPSA) is 68.5 Å². The van der Waals surface area contributed by atoms with E-state index in [0.29, 0.717) is 34.5 Å². The summed E-state index contributed by atoms with van der Waals surface area (Å²) in [4.78, 5) is 8.86. The van der Waals surface area contributed by atoms with Crippen LogP contribution in [0.1, 0.15) is 60.9 Å². The van der Waals surface area contributed by atoms with Crippen LogP contribution >= 0.6 is 23.2 Å². The number of hydrogen-bond donors (Lipinski definition) is 1. The Morgan fingerprint density at radius 3 is 2.56 bits per heavy atom. The maximum Gasteiger partial charge on any atom is 0.141 e. The molecule has 0 bridgehead atoms. The molecular formula is C30H27Cl2FN6. The summed E-state index contributed by atoms with van der Waals surface area (Å²) in [6.07, 6.45) is 10.3. The highest BCUT2D eigenvalue weighted by Gasteiger charge is 2.23. The highest BCUT2D eigenvalue weighted by atomic mass is 35.5. The molecule has 1 unspecified atom stereocenters. The third kappa shape index (κ3) is 5.60. The van der Waals surface area contributed by atoms with Gasteiger partial charge in [-0.1, -0.05) is 78.0 Å². The standard InChI is InChI=1S/C30H27Cl2FN6/c31-25-16-21(11-12-27(25)33)36-30-24-14-19(15-26(32)29(24)34-18-35-30)13-23(20-7-3-1-4-8-20)28-17-39(38-37-28)22-9-5-2-6-10-22/h1,3-4,7-8,11-12,14-18,22-23H,2,5-6,9-10,13H2,(H,34,35,36). The van der Waals surface area contributed by atoms with E-state index in [-0.39, 0.29) is 10.9 Å². The van der Waals surface area contributed by atoms with E-state index in [1.165, 1.54) is 37.7 Å². The summed E-state index contributed by atoms with van der Waals surface area (Å²) in [5, 5.41) is 13.7. The predicted molar refractivity (Wildman–Crippen MR) is 153 cm³/mol. The van der Waals surface area contributed by atoms with E-state index >= 15 is 0 Å². The molecule has 0 saturated heterocycles. The fourth-order valence-electron chi connectivity index (χ4n) is 5.40. The van der Waals surface area contributed by atoms with Gasteiger partial charge in [-0.15, -0.1) is 5.10 Å². The van der Waals surface area contributed by atoms with Crippen LogP contribution in [0.3, 0.4) is 0 Å². The summed E-state index contributed by atoms with van der Waals surface area (Å²) in [6, 6.07) is 19.2. The van der Waals surface area contributed by atoms with Crippen LogP contribution in [-0.2, 0) is 6.42 Å². The van der Waals surface area contributed by atoms with E-state index < -0.39 is 5.82 Å². The Bertz CT molecular complexity index is 1600. The zero-order chi connectivity index (χ0) is 26.8. The number of nitrogens with zero attached hydrogens (tertiary/aromatic N) is 5. The Morgan fingerprint density at radius 2 is 1.77 bits per heavy atom. The molecule has 5 aromatic rings. The molecule has 9 heteroatoms. The Balaban J connectivity index is 1.36. The van der Waals surface area contributed by atoms with Crippen molar-refractivity contribution in [2.75, 3.05) is 5.32 Å². The van der Waals surface area contributed by atoms with Crippen LogP contribution in [0, 0.1) is 5.82 Å². The molecule has 0 spiro atoms. The van der Waals surface area contributed by atoms with Gasteiger partial charge in [-0.05, 0) is 60.7 Å². The largest absolute Gasteiger partial charge is 0.340 e. The lowest BCUT2D eigenvalue weighted by molar-refractivity contribution is 0.324. The third-order valence-electron chi connectivity index (χ3n) is 7.41. The zero-order valence-corrected chi connectivity index (χ0v) is 22.7. The lowest BCUT2D eigenvalue weighted by Gasteiger charge is -2.21. The van der Waals surface area contributed by atoms with Gasteiger partial charge in [-0.3, -0.25) is 0 Å². The predicted octanol–water partition coefficient (Wildman–Crippen LogP) is 8.29. The van der Waals surface area contributed by atoms with Gasteiger partial charge in [-0.2, -0.15) is 0 Å². The first-order valence-corrected chi connectivity index (χ1v) is 13.9. The van der Waals surface area contributed by atoms with Crippen molar-refractivity contribution >= 4 is 45.6 Å². The van der Waals surface area contributed by atoms with Crippen LogP contribution in [0.2, 0.25) is 10.0 Å². The Morgan fingerprint density at radius 1 is 0.949 bits per heavy atom. The Kier molecular flexibility index (Phi) is 7.44. The van der Waals surface area contributed by atoms with Crippen molar-refractivity contribution < 1.29 is 4.39 Å². The van der Waals surface area contributed by atoms with Crippen molar-refractivity contribution in [3.05, 3.63) is 106 Å². The number of anilines is 2. The molecule has 198 valence electrons. The number of benzene rings is 3. The molecule has 0 aliphatic heterocycles. The van der Waals surface area contributed by atoms with E-state index in [1.54, 1.807) is 6.07 Å². The molecule has 1 saturated carbocycles. The number of rotatable bonds is 7. The number of hydrogen-bond acceptors (Lipinski definition) is 5. The van der Waals surface area contributed by atoms with E-state index in [1.807, 2.05) is 24.3 Å². The summed E-state index contributed by atoms with van der Waals surface area (Å²) >= 11 is 12.7. The second-order valence-corrected chi connectivity index (χ2v) is 10.8. The molecule has 39 heavy (non-hydrogen) atoms. The van der Waals surface area contributed by atoms with E-state index in [9.17, 15) is 4.39 Å². The van der Waals surface area contributed by atoms with Crippen molar-refractivity contribution in [1.82, 2.24) is 25.0 Å². The highest BCUT2D eigenvalue weighted by molar-refractivity contribution is 6.35. The zero-order valence-electron chi connectivity index (χ0n) is 21.2. The molecule has 0 radical (unpaired) electrons. The third-order valence-corrected chi connectivity index (χ3v) is 7.99. The van der Waals surface area contributed by atoms with E-state index in [4.69, 9.17) is 23.2 Å². The van der Waals surface area contributed by atoms with Crippen molar-refractivity contribution in [2.45, 2.75) is 50.5 Å². The van der Waals surface area contributed by atoms with E-state index in [0.717, 1.165) is 35.0 Å². The van der Waals surface area contributed by atoms with Gasteiger partial charge >= 0.3 is 0 Å². The Hall–Kier alpha value is -3.55. The minimum atomic E-state index is -0.479. The number of fused-ring (bicyclic) bond motifs is 1. The molecular weight excluding hydrogens is 534 g/mol. The van der Waals surface area contributed by atoms with Crippen LogP contribution in [0.4, 0.5) is 15.9 Å². The summed E-state index contributed by atoms with van der Waals surface area (Å²) in [5.41, 5.74) is 4.36. The van der Waals surface area contributed by atoms with Crippen molar-refractivity contribution in [3.8, 4) is 0 Å². The molecule has 0 amide bonds. The quantitative estimate of drug-likeness (QED) is 0.217. The highest BCUT2D eigenvalue weighted by Crippen LogP contribution is 2.35. The SMILES string of the molecule is Fc1ccc(Nc2ncnc3c(Cl)cc(CC(c4ccccc4)c4cn(C5CCCCC5)nn4)cc23)cc1Cl. The van der Waals surface area contributed by atoms with Crippen LogP contribution in [-0.4, -0.2) is 25.0 Å². The second-order valence-electron chi connectivity index (χ2n) is 10.0. The average Bonchev–Trinajstić information content (AvgIpc) is 3.45. The summed E-state index contributed by atoms with van der Waals surface area (Å²) in [5.74, 6) is 0.0763. The maximum absolute atomic E-state index is 13.7. The first kappa shape index (κ1) is 25.7. The summed E-state index contributed by atoms with van der Waals surface area (Å²) in [7, 11) is 0. The lowest BCUT2D eigenvalue weighted by atomic mass is 9.89.